The Balaban J connectivity index is 2.20. The number of nitrogens with one attached hydrogen (secondary N) is 1. The van der Waals surface area contributed by atoms with Crippen LogP contribution < -0.4 is 5.32 Å². The zero-order valence-electron chi connectivity index (χ0n) is 14.7. The molecule has 0 fully saturated rings. The predicted molar refractivity (Wildman–Crippen MR) is 89.4 cm³/mol. The molecule has 0 spiro atoms. The van der Waals surface area contributed by atoms with Gasteiger partial charge in [-0.15, -0.1) is 0 Å². The second-order valence-electron chi connectivity index (χ2n) is 6.05. The topological polar surface area (TPSA) is 72.7 Å². The van der Waals surface area contributed by atoms with Gasteiger partial charge in [-0.25, -0.2) is 9.97 Å². The first-order valence-electron chi connectivity index (χ1n) is 8.02. The van der Waals surface area contributed by atoms with Crippen molar-refractivity contribution in [1.29, 1.82) is 0 Å². The summed E-state index contributed by atoms with van der Waals surface area (Å²) in [6.45, 7) is 12.9. The summed E-state index contributed by atoms with van der Waals surface area (Å²) in [6, 6.07) is 1.52. The number of aryl methyl sites for hydroxylation is 2. The Morgan fingerprint density at radius 3 is 2.57 bits per heavy atom. The lowest BCUT2D eigenvalue weighted by atomic mass is 10.1. The van der Waals surface area contributed by atoms with Crippen LogP contribution in [0.2, 0.25) is 0 Å². The van der Waals surface area contributed by atoms with Crippen LogP contribution in [0, 0.1) is 13.8 Å². The van der Waals surface area contributed by atoms with Gasteiger partial charge in [0.2, 0.25) is 0 Å². The molecule has 0 saturated heterocycles. The number of carbonyl (C=O) groups is 1. The van der Waals surface area contributed by atoms with Crippen LogP contribution in [0.3, 0.4) is 0 Å². The van der Waals surface area contributed by atoms with Crippen LogP contribution in [-0.2, 0) is 6.54 Å². The highest BCUT2D eigenvalue weighted by atomic mass is 16.1. The van der Waals surface area contributed by atoms with Gasteiger partial charge in [0.15, 0.2) is 0 Å². The van der Waals surface area contributed by atoms with E-state index < -0.39 is 0 Å². The molecule has 1 N–H and O–H groups in total. The number of carbonyl (C=O) groups excluding carboxylic acids is 1. The van der Waals surface area contributed by atoms with Gasteiger partial charge in [0.1, 0.15) is 11.5 Å². The van der Waals surface area contributed by atoms with Crippen molar-refractivity contribution in [2.75, 3.05) is 0 Å². The molecule has 1 amide bonds. The summed E-state index contributed by atoms with van der Waals surface area (Å²) >= 11 is 0. The predicted octanol–water partition coefficient (Wildman–Crippen LogP) is 2.92. The molecule has 0 aliphatic heterocycles. The Morgan fingerprint density at radius 1 is 1.30 bits per heavy atom. The second-order valence-corrected chi connectivity index (χ2v) is 6.05. The smallest absolute Gasteiger partial charge is 0.270 e. The molecule has 124 valence electrons. The second kappa shape index (κ2) is 6.89. The first-order valence-corrected chi connectivity index (χ1v) is 8.02. The highest BCUT2D eigenvalue weighted by Gasteiger charge is 2.20. The largest absolute Gasteiger partial charge is 0.344 e. The quantitative estimate of drug-likeness (QED) is 0.920. The van der Waals surface area contributed by atoms with Gasteiger partial charge in [-0.1, -0.05) is 13.8 Å². The zero-order chi connectivity index (χ0) is 17.1. The number of hydrogen-bond acceptors (Lipinski definition) is 4. The summed E-state index contributed by atoms with van der Waals surface area (Å²) in [5, 5.41) is 7.52. The summed E-state index contributed by atoms with van der Waals surface area (Å²) < 4.78 is 1.95. The maximum atomic E-state index is 12.5. The van der Waals surface area contributed by atoms with Crippen molar-refractivity contribution >= 4 is 5.91 Å². The van der Waals surface area contributed by atoms with E-state index in [1.807, 2.05) is 39.3 Å². The van der Waals surface area contributed by atoms with Gasteiger partial charge in [0.25, 0.3) is 5.91 Å². The third-order valence-corrected chi connectivity index (χ3v) is 3.94. The van der Waals surface area contributed by atoms with E-state index in [4.69, 9.17) is 0 Å². The first kappa shape index (κ1) is 17.1. The van der Waals surface area contributed by atoms with Crippen LogP contribution in [0.25, 0.3) is 0 Å². The van der Waals surface area contributed by atoms with E-state index in [9.17, 15) is 4.79 Å². The third kappa shape index (κ3) is 3.57. The SMILES string of the molecule is CCn1nc(C)c([C@H](C)NC(=O)c2ccnc(C(C)C)n2)c1C. The first-order chi connectivity index (χ1) is 10.8. The Labute approximate surface area is 137 Å². The van der Waals surface area contributed by atoms with Crippen molar-refractivity contribution in [1.82, 2.24) is 25.1 Å². The number of aromatic nitrogens is 4. The molecule has 0 aliphatic carbocycles. The number of nitrogens with zero attached hydrogens (tertiary/aromatic N) is 4. The Kier molecular flexibility index (Phi) is 5.13. The molecule has 0 aliphatic rings. The lowest BCUT2D eigenvalue weighted by Crippen LogP contribution is -2.28. The minimum Gasteiger partial charge on any atom is -0.344 e. The maximum absolute atomic E-state index is 12.5. The fraction of sp³-hybridized carbons (Fsp3) is 0.529. The van der Waals surface area contributed by atoms with Crippen molar-refractivity contribution in [2.45, 2.75) is 60.0 Å². The van der Waals surface area contributed by atoms with E-state index in [1.54, 1.807) is 12.3 Å². The molecule has 2 aromatic heterocycles. The lowest BCUT2D eigenvalue weighted by molar-refractivity contribution is 0.0934. The molecule has 0 unspecified atom stereocenters. The highest BCUT2D eigenvalue weighted by molar-refractivity contribution is 5.92. The Bertz CT molecular complexity index is 705. The molecule has 0 saturated carbocycles. The monoisotopic (exact) mass is 315 g/mol. The van der Waals surface area contributed by atoms with Crippen LogP contribution in [0.5, 0.6) is 0 Å². The molecule has 6 nitrogen and oxygen atoms in total. The molecule has 0 aromatic carbocycles. The van der Waals surface area contributed by atoms with E-state index in [-0.39, 0.29) is 17.9 Å². The lowest BCUT2D eigenvalue weighted by Gasteiger charge is -2.15. The van der Waals surface area contributed by atoms with Crippen LogP contribution in [0.1, 0.15) is 72.9 Å². The van der Waals surface area contributed by atoms with E-state index >= 15 is 0 Å². The summed E-state index contributed by atoms with van der Waals surface area (Å²) in [5.41, 5.74) is 3.50. The summed E-state index contributed by atoms with van der Waals surface area (Å²) in [5.74, 6) is 0.675. The van der Waals surface area contributed by atoms with Crippen LogP contribution in [0.15, 0.2) is 12.3 Å². The molecule has 2 rings (SSSR count). The van der Waals surface area contributed by atoms with Crippen molar-refractivity contribution in [3.63, 3.8) is 0 Å². The van der Waals surface area contributed by atoms with E-state index in [0.29, 0.717) is 11.5 Å². The molecule has 1 atom stereocenters. The van der Waals surface area contributed by atoms with E-state index in [2.05, 4.69) is 27.3 Å². The molecular weight excluding hydrogens is 290 g/mol. The highest BCUT2D eigenvalue weighted by Crippen LogP contribution is 2.21. The average molecular weight is 315 g/mol. The van der Waals surface area contributed by atoms with Crippen molar-refractivity contribution in [3.05, 3.63) is 40.7 Å². The van der Waals surface area contributed by atoms with Gasteiger partial charge in [0.05, 0.1) is 11.7 Å². The van der Waals surface area contributed by atoms with Crippen LogP contribution in [-0.4, -0.2) is 25.7 Å². The van der Waals surface area contributed by atoms with Gasteiger partial charge < -0.3 is 5.32 Å². The standard InChI is InChI=1S/C17H25N5O/c1-7-22-13(6)15(12(5)21-22)11(4)19-17(23)14-8-9-18-16(20-14)10(2)3/h8-11H,7H2,1-6H3,(H,19,23)/t11-/m0/s1. The van der Waals surface area contributed by atoms with Gasteiger partial charge in [-0.2, -0.15) is 5.10 Å². The maximum Gasteiger partial charge on any atom is 0.270 e. The van der Waals surface area contributed by atoms with Crippen molar-refractivity contribution < 1.29 is 4.79 Å². The molecular formula is C17H25N5O. The van der Waals surface area contributed by atoms with Gasteiger partial charge in [0, 0.05) is 29.9 Å². The van der Waals surface area contributed by atoms with E-state index in [1.165, 1.54) is 0 Å². The van der Waals surface area contributed by atoms with Crippen LogP contribution >= 0.6 is 0 Å². The Hall–Kier alpha value is -2.24. The van der Waals surface area contributed by atoms with Gasteiger partial charge >= 0.3 is 0 Å². The van der Waals surface area contributed by atoms with Gasteiger partial charge in [-0.3, -0.25) is 9.48 Å². The molecule has 6 heteroatoms. The number of amides is 1. The third-order valence-electron chi connectivity index (χ3n) is 3.94. The van der Waals surface area contributed by atoms with Gasteiger partial charge in [-0.05, 0) is 33.8 Å². The number of hydrogen-bond donors (Lipinski definition) is 1. The summed E-state index contributed by atoms with van der Waals surface area (Å²) in [6.07, 6.45) is 1.63. The van der Waals surface area contributed by atoms with Crippen molar-refractivity contribution in [3.8, 4) is 0 Å². The molecule has 23 heavy (non-hydrogen) atoms. The fourth-order valence-corrected chi connectivity index (χ4v) is 2.77. The summed E-state index contributed by atoms with van der Waals surface area (Å²) in [4.78, 5) is 21.0. The molecule has 2 heterocycles. The molecule has 0 radical (unpaired) electrons. The van der Waals surface area contributed by atoms with Crippen molar-refractivity contribution in [2.24, 2.45) is 0 Å². The normalized spacial score (nSPS) is 12.5. The van der Waals surface area contributed by atoms with Crippen LogP contribution in [0.4, 0.5) is 0 Å². The minimum atomic E-state index is -0.190. The molecule has 2 aromatic rings. The zero-order valence-corrected chi connectivity index (χ0v) is 14.7. The molecule has 0 bridgehead atoms. The van der Waals surface area contributed by atoms with E-state index in [0.717, 1.165) is 23.5 Å². The summed E-state index contributed by atoms with van der Waals surface area (Å²) in [7, 11) is 0. The Morgan fingerprint density at radius 2 is 2.00 bits per heavy atom. The number of rotatable bonds is 5. The average Bonchev–Trinajstić information content (AvgIpc) is 2.81. The minimum absolute atomic E-state index is 0.125. The fourth-order valence-electron chi connectivity index (χ4n) is 2.77.